The molecule has 0 bridgehead atoms. The maximum absolute atomic E-state index is 15.6. The Morgan fingerprint density at radius 3 is 2.09 bits per heavy atom. The van der Waals surface area contributed by atoms with Gasteiger partial charge in [0.25, 0.3) is 7.47 Å². The standard InChI is InChI=1S/C20H23BF2N10O9P2/c21-43(34,35)38-3-10-11(23)14(20(41-10)33-7-31-13-16(25)27-5-29-18(13)33)42-44(36,37)39-2-8-1-9(22)19(40-8)32-6-30-12-15(24)26-4-28-17(12)32/h4-11,14,19-20H,1-3H2,(H,34,35)(H,36,37)(H2,24,26,28)(H2,25,27,29)/t8-,9+,10+,11+,14+,19+,20+/m0/s1. The lowest BCUT2D eigenvalue weighted by Gasteiger charge is -2.24. The van der Waals surface area contributed by atoms with Crippen LogP contribution < -0.4 is 11.5 Å². The van der Waals surface area contributed by atoms with Crippen molar-refractivity contribution in [2.75, 3.05) is 24.7 Å². The van der Waals surface area contributed by atoms with Crippen LogP contribution in [0, 0.1) is 0 Å². The monoisotopic (exact) mass is 658 g/mol. The molecule has 4 aromatic heterocycles. The minimum atomic E-state index is -5.10. The van der Waals surface area contributed by atoms with Crippen LogP contribution in [-0.4, -0.2) is 100 Å². The van der Waals surface area contributed by atoms with E-state index < -0.39 is 71.6 Å². The maximum atomic E-state index is 15.6. The van der Waals surface area contributed by atoms with Gasteiger partial charge in [0.05, 0.1) is 32.0 Å². The summed E-state index contributed by atoms with van der Waals surface area (Å²) in [4.78, 5) is 43.7. The number of nitrogen functional groups attached to an aromatic ring is 2. The van der Waals surface area contributed by atoms with E-state index in [0.29, 0.717) is 0 Å². The summed E-state index contributed by atoms with van der Waals surface area (Å²) in [6.07, 6.45) is -6.58. The topological polar surface area (TPSA) is 260 Å². The first-order chi connectivity index (χ1) is 20.8. The molecule has 0 saturated carbocycles. The van der Waals surface area contributed by atoms with Crippen molar-refractivity contribution in [3.05, 3.63) is 25.3 Å². The number of anilines is 2. The van der Waals surface area contributed by atoms with Crippen LogP contribution in [0.15, 0.2) is 25.3 Å². The van der Waals surface area contributed by atoms with E-state index in [1.54, 1.807) is 0 Å². The molecule has 0 aromatic carbocycles. The first kappa shape index (κ1) is 30.8. The van der Waals surface area contributed by atoms with Crippen molar-refractivity contribution in [3.63, 3.8) is 0 Å². The Morgan fingerprint density at radius 1 is 0.909 bits per heavy atom. The third-order valence-corrected chi connectivity index (χ3v) is 8.32. The molecule has 24 heteroatoms. The summed E-state index contributed by atoms with van der Waals surface area (Å²) in [7, 11) is -4.66. The van der Waals surface area contributed by atoms with Crippen LogP contribution in [0.4, 0.5) is 20.4 Å². The molecule has 2 aliphatic heterocycles. The molecular formula is C20H23BF2N10O9P2. The fourth-order valence-corrected chi connectivity index (χ4v) is 6.18. The molecular weight excluding hydrogens is 635 g/mol. The van der Waals surface area contributed by atoms with Gasteiger partial charge in [0.15, 0.2) is 41.6 Å². The van der Waals surface area contributed by atoms with Gasteiger partial charge in [-0.15, -0.1) is 0 Å². The zero-order valence-electron chi connectivity index (χ0n) is 22.2. The van der Waals surface area contributed by atoms with E-state index in [0.717, 1.165) is 17.2 Å². The van der Waals surface area contributed by atoms with Crippen LogP contribution in [0.25, 0.3) is 22.3 Å². The molecule has 0 spiro atoms. The molecule has 234 valence electrons. The third kappa shape index (κ3) is 6.04. The number of rotatable bonds is 10. The van der Waals surface area contributed by atoms with Crippen molar-refractivity contribution < 1.29 is 50.7 Å². The number of nitrogens with two attached hydrogens (primary N) is 2. The van der Waals surface area contributed by atoms with Crippen molar-refractivity contribution in [1.82, 2.24) is 39.0 Å². The quantitative estimate of drug-likeness (QED) is 0.133. The van der Waals surface area contributed by atoms with E-state index in [2.05, 4.69) is 34.4 Å². The van der Waals surface area contributed by atoms with E-state index in [4.69, 9.17) is 37.6 Å². The number of fused-ring (bicyclic) bond motifs is 2. The normalized spacial score (nSPS) is 30.1. The summed E-state index contributed by atoms with van der Waals surface area (Å²) in [5.41, 5.74) is 12.2. The summed E-state index contributed by atoms with van der Waals surface area (Å²) in [5.74, 6) is 0.0737. The Bertz CT molecular complexity index is 1780. The van der Waals surface area contributed by atoms with Gasteiger partial charge in [-0.2, -0.15) is 0 Å². The minimum Gasteiger partial charge on any atom is -0.382 e. The highest BCUT2D eigenvalue weighted by Gasteiger charge is 2.51. The van der Waals surface area contributed by atoms with Crippen LogP contribution in [0.3, 0.4) is 0 Å². The first-order valence-electron chi connectivity index (χ1n) is 12.7. The molecule has 2 saturated heterocycles. The molecule has 2 aliphatic rings. The molecule has 44 heavy (non-hydrogen) atoms. The average Bonchev–Trinajstić information content (AvgIpc) is 3.72. The van der Waals surface area contributed by atoms with Crippen molar-refractivity contribution in [3.8, 4) is 0 Å². The molecule has 2 fully saturated rings. The van der Waals surface area contributed by atoms with Crippen molar-refractivity contribution >= 4 is 56.8 Å². The number of hydrogen-bond donors (Lipinski definition) is 4. The van der Waals surface area contributed by atoms with Crippen LogP contribution in [0.5, 0.6) is 0 Å². The number of imidazole rings is 2. The molecule has 6 rings (SSSR count). The molecule has 6 N–H and O–H groups in total. The summed E-state index contributed by atoms with van der Waals surface area (Å²) >= 11 is 0. The van der Waals surface area contributed by atoms with Crippen molar-refractivity contribution in [2.24, 2.45) is 0 Å². The second kappa shape index (κ2) is 11.6. The number of nitrogens with zero attached hydrogens (tertiary/aromatic N) is 8. The molecule has 2 radical (unpaired) electrons. The largest absolute Gasteiger partial charge is 0.472 e. The van der Waals surface area contributed by atoms with E-state index in [1.807, 2.05) is 0 Å². The number of aromatic nitrogens is 8. The van der Waals surface area contributed by atoms with Crippen LogP contribution >= 0.6 is 15.3 Å². The van der Waals surface area contributed by atoms with Crippen LogP contribution in [0.1, 0.15) is 18.9 Å². The lowest BCUT2D eigenvalue weighted by Crippen LogP contribution is -2.32. The summed E-state index contributed by atoms with van der Waals surface area (Å²) < 4.78 is 83.7. The van der Waals surface area contributed by atoms with Crippen LogP contribution in [-0.2, 0) is 32.2 Å². The van der Waals surface area contributed by atoms with Gasteiger partial charge in [-0.3, -0.25) is 22.7 Å². The molecule has 19 nitrogen and oxygen atoms in total. The average molecular weight is 658 g/mol. The lowest BCUT2D eigenvalue weighted by atomic mass is 10.1. The Balaban J connectivity index is 1.17. The predicted octanol–water partition coefficient (Wildman–Crippen LogP) is 0.479. The molecule has 4 aromatic rings. The number of phosphoric ester groups is 1. The number of ether oxygens (including phenoxy) is 2. The zero-order chi connectivity index (χ0) is 31.4. The second-order valence-corrected chi connectivity index (χ2v) is 12.6. The molecule has 0 amide bonds. The third-order valence-electron chi connectivity index (χ3n) is 6.82. The van der Waals surface area contributed by atoms with Gasteiger partial charge >= 0.3 is 7.82 Å². The van der Waals surface area contributed by atoms with E-state index in [1.165, 1.54) is 17.2 Å². The fourth-order valence-electron chi connectivity index (χ4n) is 4.87. The van der Waals surface area contributed by atoms with Crippen molar-refractivity contribution in [2.45, 2.75) is 49.5 Å². The van der Waals surface area contributed by atoms with E-state index >= 15 is 4.39 Å². The highest BCUT2D eigenvalue weighted by molar-refractivity contribution is 7.78. The highest BCUT2D eigenvalue weighted by Crippen LogP contribution is 2.51. The number of halogens is 2. The lowest BCUT2D eigenvalue weighted by molar-refractivity contribution is -0.0538. The Hall–Kier alpha value is -3.20. The maximum Gasteiger partial charge on any atom is 0.472 e. The molecule has 0 aliphatic carbocycles. The van der Waals surface area contributed by atoms with Crippen molar-refractivity contribution in [1.29, 1.82) is 0 Å². The number of hydrogen-bond acceptors (Lipinski definition) is 15. The van der Waals surface area contributed by atoms with Gasteiger partial charge in [0.1, 0.15) is 42.1 Å². The Kier molecular flexibility index (Phi) is 8.14. The van der Waals surface area contributed by atoms with Gasteiger partial charge in [-0.05, 0) is 0 Å². The number of phosphoric acid groups is 1. The summed E-state index contributed by atoms with van der Waals surface area (Å²) in [6.45, 7) is -1.45. The first-order valence-corrected chi connectivity index (χ1v) is 15.8. The Labute approximate surface area is 246 Å². The number of alkyl halides is 2. The minimum absolute atomic E-state index is 0.0120. The van der Waals surface area contributed by atoms with Gasteiger partial charge < -0.3 is 35.3 Å². The predicted molar refractivity (Wildman–Crippen MR) is 144 cm³/mol. The van der Waals surface area contributed by atoms with Crippen LogP contribution in [0.2, 0.25) is 0 Å². The van der Waals surface area contributed by atoms with E-state index in [9.17, 15) is 23.3 Å². The smallest absolute Gasteiger partial charge is 0.382 e. The molecule has 9 atom stereocenters. The second-order valence-electron chi connectivity index (χ2n) is 9.77. The molecule has 2 unspecified atom stereocenters. The zero-order valence-corrected chi connectivity index (χ0v) is 24.0. The Morgan fingerprint density at radius 2 is 1.50 bits per heavy atom. The van der Waals surface area contributed by atoms with Gasteiger partial charge in [0, 0.05) is 6.42 Å². The van der Waals surface area contributed by atoms with E-state index in [-0.39, 0.29) is 40.4 Å². The fraction of sp³-hybridized carbons (Fsp3) is 0.500. The summed E-state index contributed by atoms with van der Waals surface area (Å²) in [6, 6.07) is 0. The molecule has 6 heterocycles. The van der Waals surface area contributed by atoms with Gasteiger partial charge in [0.2, 0.25) is 7.57 Å². The van der Waals surface area contributed by atoms with Gasteiger partial charge in [-0.1, -0.05) is 0 Å². The highest BCUT2D eigenvalue weighted by atomic mass is 31.2. The van der Waals surface area contributed by atoms with Gasteiger partial charge in [-0.25, -0.2) is 43.2 Å². The SMILES string of the molecule is [B]P(=O)(O)OC[C@H]1O[C@@H](n2cnc3c(N)ncnc32)[C@H](OP(=O)(O)OC[C@@H]2C[C@@H](F)[C@H](n3cnc4c(N)ncnc43)O2)[C@@H]1F. The summed E-state index contributed by atoms with van der Waals surface area (Å²) in [5, 5.41) is 0.